The molecule has 1 radical (unpaired) electrons. The third kappa shape index (κ3) is 2.97. The Morgan fingerprint density at radius 3 is 2.47 bits per heavy atom. The third-order valence-corrected chi connectivity index (χ3v) is 2.21. The summed E-state index contributed by atoms with van der Waals surface area (Å²) >= 11 is 0. The first-order valence-corrected chi connectivity index (χ1v) is 5.12. The molecule has 2 rings (SSSR count). The normalized spacial score (nSPS) is 10.1. The molecule has 2 nitrogen and oxygen atoms in total. The number of rotatable bonds is 3. The van der Waals surface area contributed by atoms with E-state index < -0.39 is 0 Å². The molecule has 87 valence electrons. The monoisotopic (exact) mass is 231 g/mol. The summed E-state index contributed by atoms with van der Waals surface area (Å²) in [6.07, 6.45) is 0. The molecule has 0 bridgehead atoms. The van der Waals surface area contributed by atoms with E-state index in [9.17, 15) is 4.39 Å². The van der Waals surface area contributed by atoms with Crippen LogP contribution in [0.4, 0.5) is 4.39 Å². The van der Waals surface area contributed by atoms with Crippen molar-refractivity contribution in [3.05, 3.63) is 60.8 Å². The van der Waals surface area contributed by atoms with Gasteiger partial charge in [-0.15, -0.1) is 0 Å². The van der Waals surface area contributed by atoms with Gasteiger partial charge in [0.1, 0.15) is 23.1 Å². The van der Waals surface area contributed by atoms with Crippen molar-refractivity contribution in [1.82, 2.24) is 0 Å². The maximum Gasteiger partial charge on any atom is 0.131 e. The fourth-order valence-electron chi connectivity index (χ4n) is 1.48. The van der Waals surface area contributed by atoms with Gasteiger partial charge >= 0.3 is 0 Å². The minimum Gasteiger partial charge on any atom is -0.497 e. The van der Waals surface area contributed by atoms with Gasteiger partial charge in [-0.05, 0) is 36.8 Å². The van der Waals surface area contributed by atoms with E-state index in [2.05, 4.69) is 6.92 Å². The molecule has 0 atom stereocenters. The molecular weight excluding hydrogens is 219 g/mol. The average molecular weight is 231 g/mol. The molecule has 0 aliphatic heterocycles. The van der Waals surface area contributed by atoms with Gasteiger partial charge in [-0.1, -0.05) is 6.07 Å². The largest absolute Gasteiger partial charge is 0.497 e. The van der Waals surface area contributed by atoms with Crippen LogP contribution in [0.2, 0.25) is 0 Å². The first-order chi connectivity index (χ1) is 8.17. The van der Waals surface area contributed by atoms with Crippen LogP contribution >= 0.6 is 0 Å². The molecule has 0 heterocycles. The number of benzene rings is 2. The molecule has 3 heteroatoms. The molecule has 0 saturated heterocycles. The van der Waals surface area contributed by atoms with Crippen LogP contribution in [0.15, 0.2) is 42.5 Å². The highest BCUT2D eigenvalue weighted by Crippen LogP contribution is 2.26. The molecule has 17 heavy (non-hydrogen) atoms. The van der Waals surface area contributed by atoms with Crippen molar-refractivity contribution >= 4 is 0 Å². The molecule has 2 aromatic carbocycles. The van der Waals surface area contributed by atoms with Gasteiger partial charge in [-0.3, -0.25) is 0 Å². The number of ether oxygens (including phenoxy) is 2. The number of methoxy groups -OCH3 is 1. The Balaban J connectivity index is 2.24. The Bertz CT molecular complexity index is 503. The van der Waals surface area contributed by atoms with Crippen molar-refractivity contribution in [2.45, 2.75) is 0 Å². The van der Waals surface area contributed by atoms with Crippen LogP contribution in [0.25, 0.3) is 0 Å². The molecular formula is C14H12FO2. The summed E-state index contributed by atoms with van der Waals surface area (Å²) in [5, 5.41) is 0. The van der Waals surface area contributed by atoms with Gasteiger partial charge in [-0.2, -0.15) is 0 Å². The van der Waals surface area contributed by atoms with Gasteiger partial charge in [0.15, 0.2) is 0 Å². The lowest BCUT2D eigenvalue weighted by Gasteiger charge is -2.08. The number of halogens is 1. The summed E-state index contributed by atoms with van der Waals surface area (Å²) in [6, 6.07) is 11.4. The highest BCUT2D eigenvalue weighted by atomic mass is 19.1. The standard InChI is InChI=1S/C14H12FO2/c1-10-6-11(15)8-14(7-10)17-13-5-3-4-12(9-13)16-2/h3-9H,1H2,2H3. The topological polar surface area (TPSA) is 18.5 Å². The molecule has 0 saturated carbocycles. The van der Waals surface area contributed by atoms with Crippen LogP contribution < -0.4 is 9.47 Å². The summed E-state index contributed by atoms with van der Waals surface area (Å²) < 4.78 is 23.7. The van der Waals surface area contributed by atoms with E-state index in [-0.39, 0.29) is 5.82 Å². The molecule has 0 aliphatic carbocycles. The van der Waals surface area contributed by atoms with Crippen molar-refractivity contribution in [2.75, 3.05) is 7.11 Å². The van der Waals surface area contributed by atoms with Gasteiger partial charge in [0.25, 0.3) is 0 Å². The van der Waals surface area contributed by atoms with Crippen LogP contribution in [0.5, 0.6) is 17.2 Å². The van der Waals surface area contributed by atoms with Crippen LogP contribution in [0.3, 0.4) is 0 Å². The van der Waals surface area contributed by atoms with E-state index in [4.69, 9.17) is 9.47 Å². The summed E-state index contributed by atoms with van der Waals surface area (Å²) in [7, 11) is 1.58. The SMILES string of the molecule is [CH2]c1cc(F)cc(Oc2cccc(OC)c2)c1. The minimum atomic E-state index is -0.365. The zero-order valence-electron chi connectivity index (χ0n) is 9.44. The van der Waals surface area contributed by atoms with E-state index in [1.165, 1.54) is 12.1 Å². The first kappa shape index (κ1) is 11.5. The minimum absolute atomic E-state index is 0.365. The molecule has 0 aromatic heterocycles. The average Bonchev–Trinajstić information content (AvgIpc) is 2.28. The maximum atomic E-state index is 13.1. The van der Waals surface area contributed by atoms with E-state index in [1.54, 1.807) is 31.4 Å². The van der Waals surface area contributed by atoms with Crippen LogP contribution in [-0.4, -0.2) is 7.11 Å². The summed E-state index contributed by atoms with van der Waals surface area (Å²) in [5.74, 6) is 1.33. The maximum absolute atomic E-state index is 13.1. The van der Waals surface area contributed by atoms with E-state index in [1.807, 2.05) is 6.07 Å². The lowest BCUT2D eigenvalue weighted by Crippen LogP contribution is -1.88. The fourth-order valence-corrected chi connectivity index (χ4v) is 1.48. The van der Waals surface area contributed by atoms with Gasteiger partial charge < -0.3 is 9.47 Å². The Hall–Kier alpha value is -2.03. The van der Waals surface area contributed by atoms with Gasteiger partial charge in [-0.25, -0.2) is 4.39 Å². The Morgan fingerprint density at radius 1 is 1.00 bits per heavy atom. The zero-order chi connectivity index (χ0) is 12.3. The molecule has 0 amide bonds. The highest BCUT2D eigenvalue weighted by Gasteiger charge is 2.02. The molecule has 2 aromatic rings. The van der Waals surface area contributed by atoms with Crippen LogP contribution in [0, 0.1) is 12.7 Å². The Labute approximate surface area is 99.6 Å². The molecule has 0 spiro atoms. The van der Waals surface area contributed by atoms with Crippen molar-refractivity contribution in [3.63, 3.8) is 0 Å². The second-order valence-electron chi connectivity index (χ2n) is 3.58. The second-order valence-corrected chi connectivity index (χ2v) is 3.58. The van der Waals surface area contributed by atoms with E-state index in [0.717, 1.165) is 0 Å². The van der Waals surface area contributed by atoms with Crippen LogP contribution in [0.1, 0.15) is 5.56 Å². The Kier molecular flexibility index (Phi) is 3.28. The summed E-state index contributed by atoms with van der Waals surface area (Å²) in [6.45, 7) is 3.67. The molecule has 0 fully saturated rings. The van der Waals surface area contributed by atoms with Crippen molar-refractivity contribution in [2.24, 2.45) is 0 Å². The molecule has 0 N–H and O–H groups in total. The van der Waals surface area contributed by atoms with Crippen molar-refractivity contribution < 1.29 is 13.9 Å². The van der Waals surface area contributed by atoms with Gasteiger partial charge in [0, 0.05) is 12.1 Å². The lowest BCUT2D eigenvalue weighted by atomic mass is 10.2. The third-order valence-electron chi connectivity index (χ3n) is 2.21. The quantitative estimate of drug-likeness (QED) is 0.799. The van der Waals surface area contributed by atoms with Crippen molar-refractivity contribution in [3.8, 4) is 17.2 Å². The zero-order valence-corrected chi connectivity index (χ0v) is 9.44. The molecule has 0 aliphatic rings. The number of hydrogen-bond donors (Lipinski definition) is 0. The van der Waals surface area contributed by atoms with E-state index in [0.29, 0.717) is 22.8 Å². The van der Waals surface area contributed by atoms with Crippen LogP contribution in [-0.2, 0) is 0 Å². The van der Waals surface area contributed by atoms with Crippen molar-refractivity contribution in [1.29, 1.82) is 0 Å². The highest BCUT2D eigenvalue weighted by molar-refractivity contribution is 5.38. The smallest absolute Gasteiger partial charge is 0.131 e. The predicted molar refractivity (Wildman–Crippen MR) is 63.9 cm³/mol. The summed E-state index contributed by atoms with van der Waals surface area (Å²) in [5.41, 5.74) is 0.572. The molecule has 0 unspecified atom stereocenters. The lowest BCUT2D eigenvalue weighted by molar-refractivity contribution is 0.409. The predicted octanol–water partition coefficient (Wildman–Crippen LogP) is 3.81. The van der Waals surface area contributed by atoms with Gasteiger partial charge in [0.2, 0.25) is 0 Å². The first-order valence-electron chi connectivity index (χ1n) is 5.12. The number of hydrogen-bond acceptors (Lipinski definition) is 2. The van der Waals surface area contributed by atoms with E-state index >= 15 is 0 Å². The second kappa shape index (κ2) is 4.87. The summed E-state index contributed by atoms with van der Waals surface area (Å²) in [4.78, 5) is 0. The fraction of sp³-hybridized carbons (Fsp3) is 0.0714. The Morgan fingerprint density at radius 2 is 1.76 bits per heavy atom. The van der Waals surface area contributed by atoms with Gasteiger partial charge in [0.05, 0.1) is 7.11 Å².